The molecule has 3 rings (SSSR count). The first-order valence-electron chi connectivity index (χ1n) is 8.91. The molecule has 1 fully saturated rings. The summed E-state index contributed by atoms with van der Waals surface area (Å²) in [6.45, 7) is 1.93. The lowest BCUT2D eigenvalue weighted by Gasteiger charge is -2.32. The summed E-state index contributed by atoms with van der Waals surface area (Å²) in [6, 6.07) is 0. The van der Waals surface area contributed by atoms with Gasteiger partial charge in [-0.15, -0.1) is 0 Å². The number of nitrogens with zero attached hydrogens (tertiary/aromatic N) is 4. The predicted molar refractivity (Wildman–Crippen MR) is 97.9 cm³/mol. The van der Waals surface area contributed by atoms with Crippen molar-refractivity contribution in [3.05, 3.63) is 28.0 Å². The molecule has 0 saturated carbocycles. The van der Waals surface area contributed by atoms with Gasteiger partial charge in [-0.25, -0.2) is 4.98 Å². The van der Waals surface area contributed by atoms with E-state index in [2.05, 4.69) is 4.98 Å². The Labute approximate surface area is 160 Å². The summed E-state index contributed by atoms with van der Waals surface area (Å²) in [6.07, 6.45) is 2.45. The van der Waals surface area contributed by atoms with Crippen LogP contribution in [0.1, 0.15) is 29.0 Å². The van der Waals surface area contributed by atoms with Crippen molar-refractivity contribution in [2.24, 2.45) is 13.0 Å². The van der Waals surface area contributed by atoms with Crippen LogP contribution in [0.25, 0.3) is 11.1 Å². The summed E-state index contributed by atoms with van der Waals surface area (Å²) in [5, 5.41) is 9.24. The molecule has 28 heavy (non-hydrogen) atoms. The van der Waals surface area contributed by atoms with Gasteiger partial charge < -0.3 is 23.9 Å². The number of hydrogen-bond acceptors (Lipinski definition) is 6. The molecule has 1 N–H and O–H groups in total. The Morgan fingerprint density at radius 1 is 1.39 bits per heavy atom. The van der Waals surface area contributed by atoms with Crippen LogP contribution in [0.15, 0.2) is 15.5 Å². The van der Waals surface area contributed by atoms with Gasteiger partial charge in [0.25, 0.3) is 11.5 Å². The summed E-state index contributed by atoms with van der Waals surface area (Å²) < 4.78 is 6.68. The number of aliphatic carboxylic acids is 1. The molecule has 0 spiro atoms. The fraction of sp³-hybridized carbons (Fsp3) is 0.500. The van der Waals surface area contributed by atoms with Gasteiger partial charge >= 0.3 is 5.97 Å². The Balaban J connectivity index is 1.80. The zero-order valence-electron chi connectivity index (χ0n) is 16.0. The lowest BCUT2D eigenvalue weighted by Crippen LogP contribution is -2.47. The van der Waals surface area contributed by atoms with Crippen LogP contribution in [-0.2, 0) is 16.6 Å². The van der Waals surface area contributed by atoms with E-state index in [9.17, 15) is 19.2 Å². The van der Waals surface area contributed by atoms with E-state index in [4.69, 9.17) is 9.52 Å². The number of likely N-dealkylation sites (N-methyl/N-ethyl adjacent to an activating group) is 1. The lowest BCUT2D eigenvalue weighted by atomic mass is 9.98. The van der Waals surface area contributed by atoms with Crippen molar-refractivity contribution in [2.75, 3.05) is 26.7 Å². The van der Waals surface area contributed by atoms with Crippen LogP contribution < -0.4 is 5.56 Å². The Morgan fingerprint density at radius 3 is 2.79 bits per heavy atom. The minimum absolute atomic E-state index is 0.0732. The van der Waals surface area contributed by atoms with Crippen molar-refractivity contribution in [1.29, 1.82) is 0 Å². The van der Waals surface area contributed by atoms with E-state index in [1.165, 1.54) is 34.8 Å². The third kappa shape index (κ3) is 3.49. The Hall–Kier alpha value is -3.17. The van der Waals surface area contributed by atoms with Crippen molar-refractivity contribution >= 4 is 28.9 Å². The third-order valence-corrected chi connectivity index (χ3v) is 5.00. The highest BCUT2D eigenvalue weighted by Gasteiger charge is 2.30. The molecule has 150 valence electrons. The number of carboxylic acid groups (broad SMARTS) is 1. The topological polar surface area (TPSA) is 126 Å². The van der Waals surface area contributed by atoms with Crippen LogP contribution in [0.4, 0.5) is 0 Å². The molecule has 1 atom stereocenters. The van der Waals surface area contributed by atoms with E-state index in [-0.39, 0.29) is 41.4 Å². The minimum atomic E-state index is -0.925. The molecule has 0 radical (unpaired) electrons. The second kappa shape index (κ2) is 7.45. The largest absolute Gasteiger partial charge is 0.481 e. The summed E-state index contributed by atoms with van der Waals surface area (Å²) >= 11 is 0. The standard InChI is InChI=1S/C18H22N4O6/c1-10-13(14-15(28-10)19-9-21(3)17(14)25)16(24)20(2)8-12(23)22-6-4-5-11(7-22)18(26)27/h9,11H,4-8H2,1-3H3,(H,26,27). The van der Waals surface area contributed by atoms with E-state index in [0.717, 1.165) is 0 Å². The molecule has 3 heterocycles. The Bertz CT molecular complexity index is 1010. The highest BCUT2D eigenvalue weighted by atomic mass is 16.4. The number of aromatic nitrogens is 2. The van der Waals surface area contributed by atoms with E-state index in [1.807, 2.05) is 0 Å². The minimum Gasteiger partial charge on any atom is -0.481 e. The van der Waals surface area contributed by atoms with Crippen LogP contribution in [-0.4, -0.2) is 68.9 Å². The molecule has 10 nitrogen and oxygen atoms in total. The van der Waals surface area contributed by atoms with E-state index >= 15 is 0 Å². The zero-order valence-corrected chi connectivity index (χ0v) is 16.0. The number of carbonyl (C=O) groups is 3. The average Bonchev–Trinajstić information content (AvgIpc) is 3.00. The van der Waals surface area contributed by atoms with Crippen molar-refractivity contribution in [3.63, 3.8) is 0 Å². The molecule has 1 unspecified atom stereocenters. The number of carbonyl (C=O) groups excluding carboxylic acids is 2. The normalized spacial score (nSPS) is 17.0. The molecule has 1 aliphatic rings. The van der Waals surface area contributed by atoms with Crippen LogP contribution in [0.5, 0.6) is 0 Å². The first-order valence-corrected chi connectivity index (χ1v) is 8.91. The van der Waals surface area contributed by atoms with Crippen LogP contribution in [0, 0.1) is 12.8 Å². The number of hydrogen-bond donors (Lipinski definition) is 1. The quantitative estimate of drug-likeness (QED) is 0.792. The molecule has 0 aliphatic carbocycles. The van der Waals surface area contributed by atoms with Gasteiger partial charge in [-0.1, -0.05) is 0 Å². The van der Waals surface area contributed by atoms with E-state index < -0.39 is 23.4 Å². The second-order valence-corrected chi connectivity index (χ2v) is 7.05. The maximum absolute atomic E-state index is 12.9. The molecule has 10 heteroatoms. The second-order valence-electron chi connectivity index (χ2n) is 7.05. The number of carboxylic acids is 1. The smallest absolute Gasteiger partial charge is 0.308 e. The molecular weight excluding hydrogens is 368 g/mol. The molecule has 0 aromatic carbocycles. The number of amides is 2. The van der Waals surface area contributed by atoms with Crippen molar-refractivity contribution < 1.29 is 23.9 Å². The highest BCUT2D eigenvalue weighted by Crippen LogP contribution is 2.22. The van der Waals surface area contributed by atoms with Crippen molar-refractivity contribution in [1.82, 2.24) is 19.4 Å². The van der Waals surface area contributed by atoms with Gasteiger partial charge in [0.15, 0.2) is 0 Å². The van der Waals surface area contributed by atoms with Gasteiger partial charge in [0.05, 0.1) is 18.0 Å². The molecule has 0 bridgehead atoms. The van der Waals surface area contributed by atoms with Gasteiger partial charge in [0.1, 0.15) is 17.5 Å². The molecule has 2 aromatic heterocycles. The van der Waals surface area contributed by atoms with Crippen molar-refractivity contribution in [3.8, 4) is 0 Å². The number of fused-ring (bicyclic) bond motifs is 1. The maximum Gasteiger partial charge on any atom is 0.308 e. The fourth-order valence-electron chi connectivity index (χ4n) is 3.42. The Morgan fingerprint density at radius 2 is 2.11 bits per heavy atom. The van der Waals surface area contributed by atoms with Crippen LogP contribution >= 0.6 is 0 Å². The number of aryl methyl sites for hydroxylation is 2. The van der Waals surface area contributed by atoms with Gasteiger partial charge in [-0.05, 0) is 19.8 Å². The van der Waals surface area contributed by atoms with Crippen LogP contribution in [0.3, 0.4) is 0 Å². The van der Waals surface area contributed by atoms with E-state index in [0.29, 0.717) is 19.4 Å². The number of piperidine rings is 1. The number of likely N-dealkylation sites (tertiary alicyclic amines) is 1. The molecule has 1 saturated heterocycles. The van der Waals surface area contributed by atoms with Gasteiger partial charge in [-0.2, -0.15) is 0 Å². The molecule has 1 aliphatic heterocycles. The lowest BCUT2D eigenvalue weighted by molar-refractivity contribution is -0.145. The third-order valence-electron chi connectivity index (χ3n) is 5.00. The summed E-state index contributed by atoms with van der Waals surface area (Å²) in [5.74, 6) is -2.13. The predicted octanol–water partition coefficient (Wildman–Crippen LogP) is 0.230. The van der Waals surface area contributed by atoms with Gasteiger partial charge in [-0.3, -0.25) is 19.2 Å². The Kier molecular flexibility index (Phi) is 5.21. The number of rotatable bonds is 4. The summed E-state index contributed by atoms with van der Waals surface area (Å²) in [5.41, 5.74) is -0.254. The van der Waals surface area contributed by atoms with Gasteiger partial charge in [0, 0.05) is 27.2 Å². The zero-order chi connectivity index (χ0) is 20.6. The van der Waals surface area contributed by atoms with Gasteiger partial charge in [0.2, 0.25) is 11.6 Å². The number of furan rings is 1. The molecular formula is C18H22N4O6. The summed E-state index contributed by atoms with van der Waals surface area (Å²) in [4.78, 5) is 55.8. The van der Waals surface area contributed by atoms with Crippen LogP contribution in [0.2, 0.25) is 0 Å². The maximum atomic E-state index is 12.9. The summed E-state index contributed by atoms with van der Waals surface area (Å²) in [7, 11) is 2.98. The average molecular weight is 390 g/mol. The fourth-order valence-corrected chi connectivity index (χ4v) is 3.42. The monoisotopic (exact) mass is 390 g/mol. The highest BCUT2D eigenvalue weighted by molar-refractivity contribution is 6.07. The first-order chi connectivity index (χ1) is 13.2. The van der Waals surface area contributed by atoms with Crippen molar-refractivity contribution in [2.45, 2.75) is 19.8 Å². The molecule has 2 aromatic rings. The first kappa shape index (κ1) is 19.6. The molecule has 2 amide bonds. The SMILES string of the molecule is Cc1oc2ncn(C)c(=O)c2c1C(=O)N(C)CC(=O)N1CCCC(C(=O)O)C1. The van der Waals surface area contributed by atoms with E-state index in [1.54, 1.807) is 6.92 Å².